The zero-order chi connectivity index (χ0) is 95.6. The minimum absolute atomic E-state index is 0.0484. The first kappa shape index (κ1) is 93.8. The molecule has 33 nitrogen and oxygen atoms in total. The van der Waals surface area contributed by atoms with Crippen LogP contribution in [0.15, 0.2) is 262 Å². The lowest BCUT2D eigenvalue weighted by atomic mass is 10.0. The largest absolute Gasteiger partial charge is 0.495 e. The molecule has 3 aliphatic rings. The molecule has 3 aliphatic heterocycles. The number of carbonyl (C=O) groups excluding carboxylic acids is 1. The van der Waals surface area contributed by atoms with Crippen LogP contribution in [-0.4, -0.2) is 192 Å². The number of benzene rings is 8. The van der Waals surface area contributed by atoms with Crippen LogP contribution in [0.1, 0.15) is 59.3 Å². The summed E-state index contributed by atoms with van der Waals surface area (Å²) >= 11 is 3.12. The van der Waals surface area contributed by atoms with Gasteiger partial charge in [0.25, 0.3) is 0 Å². The normalized spacial score (nSPS) is 14.1. The average Bonchev–Trinajstić information content (AvgIpc) is 0.894. The lowest BCUT2D eigenvalue weighted by Gasteiger charge is -2.30. The fourth-order valence-electron chi connectivity index (χ4n) is 15.8. The highest BCUT2D eigenvalue weighted by atomic mass is 32.1. The number of halogens is 1. The fourth-order valence-corrected chi connectivity index (χ4v) is 17.2. The summed E-state index contributed by atoms with van der Waals surface area (Å²) in [6.07, 6.45) is 43.4. The number of nitrogens with one attached hydrogen (secondary N) is 7. The van der Waals surface area contributed by atoms with Crippen molar-refractivity contribution in [3.8, 4) is 85.7 Å². The first-order valence-corrected chi connectivity index (χ1v) is 47.1. The molecule has 18 aromatic rings. The third kappa shape index (κ3) is 25.2. The van der Waals surface area contributed by atoms with Gasteiger partial charge < -0.3 is 65.6 Å². The van der Waals surface area contributed by atoms with Crippen molar-refractivity contribution >= 4 is 119 Å². The molecule has 0 bridgehead atoms. The molecule has 36 heteroatoms. The molecule has 0 aliphatic carbocycles. The van der Waals surface area contributed by atoms with Crippen molar-refractivity contribution in [1.29, 1.82) is 0 Å². The molecule has 13 heterocycles. The number of carbonyl (C=O) groups is 1. The van der Waals surface area contributed by atoms with Gasteiger partial charge in [0.1, 0.15) is 69.4 Å². The summed E-state index contributed by atoms with van der Waals surface area (Å²) in [6, 6.07) is 47.5. The van der Waals surface area contributed by atoms with E-state index in [2.05, 4.69) is 147 Å². The number of piperidine rings is 2. The van der Waals surface area contributed by atoms with Gasteiger partial charge in [-0.25, -0.2) is 63.9 Å². The maximum Gasteiger partial charge on any atom is 0.237 e. The first-order valence-electron chi connectivity index (χ1n) is 45.3. The number of terminal acetylenes is 2. The molecular formula is C104H95FN26O7S2. The van der Waals surface area contributed by atoms with Crippen LogP contribution in [0.25, 0.3) is 75.9 Å². The van der Waals surface area contributed by atoms with Gasteiger partial charge in [0.05, 0.1) is 108 Å². The van der Waals surface area contributed by atoms with Crippen LogP contribution >= 0.6 is 22.7 Å². The second-order valence-corrected chi connectivity index (χ2v) is 34.3. The van der Waals surface area contributed by atoms with Gasteiger partial charge in [-0.05, 0) is 141 Å². The second kappa shape index (κ2) is 46.3. The summed E-state index contributed by atoms with van der Waals surface area (Å²) in [5, 5.41) is 35.5. The summed E-state index contributed by atoms with van der Waals surface area (Å²) < 4.78 is 50.9. The molecule has 3 saturated heterocycles. The highest BCUT2D eigenvalue weighted by Crippen LogP contribution is 2.40. The zero-order valence-electron chi connectivity index (χ0n) is 76.3. The number of anilines is 8. The summed E-state index contributed by atoms with van der Waals surface area (Å²) in [6.45, 7) is 8.47. The minimum Gasteiger partial charge on any atom is -0.495 e. The highest BCUT2D eigenvalue weighted by molar-refractivity contribution is 7.13. The number of ether oxygens (including phenoxy) is 6. The standard InChI is InChI=1S/C28H26N6O2S.C27H26N6O2.C25H20N8O.C24H23FN6O2S/c1-35-23-12-19(15-30-17-23)18-3-2-4-21(11-18)33-28-32-16-20-13-24(27-31-9-10-37-27)26(14-25(20)34-28)36-22-5-7-29-8-6-22;1-2-21-15-22-17-30-27(31-23-5-3-4-20(14-23)19-33-9-12-34-13-10-33)32-25(22)16-26(21)35-11-6-24-18-28-7-8-29-24;1-2-19-11-20-13-29-25(31-21-5-3-4-18(10-21)15-33-17-27-16-30-33)32-23(20)12-24(19)34-9-6-22-14-26-7-8-28-22;1-26-22(32)20-11-17(5-6-27-20)33-21-12-19-14(9-18(21)23-28-7-8-34-23)13-29-24(31-19)30-16-4-2-3-15(25)10-16/h2-4,9-17,22,29H,5-8H2,1H3,(H,32,33,34);1,3-5,7-8,14-18H,6,9-13,19H2,(H,30,31,32);1,3-5,7-8,10-14,16-17H,6,9,15H2,(H,29,31,32);2-4,7-10,12-13,17,20,27H,5-6,11H2,1H3,(H,26,32)(H,29,30,31)/t;;;17-,20+/m...0/s1. The molecule has 0 unspecified atom stereocenters. The molecule has 7 N–H and O–H groups in total. The molecule has 10 aromatic heterocycles. The molecule has 21 rings (SSSR count). The number of pyridine rings is 1. The Morgan fingerprint density at radius 3 is 1.51 bits per heavy atom. The number of hydrogen-bond donors (Lipinski definition) is 7. The van der Waals surface area contributed by atoms with Gasteiger partial charge in [0.2, 0.25) is 29.7 Å². The Balaban J connectivity index is 0.000000124. The van der Waals surface area contributed by atoms with Crippen LogP contribution in [0, 0.1) is 30.5 Å². The Morgan fingerprint density at radius 2 is 1.01 bits per heavy atom. The van der Waals surface area contributed by atoms with Crippen molar-refractivity contribution < 1.29 is 37.6 Å². The highest BCUT2D eigenvalue weighted by Gasteiger charge is 2.30. The Hall–Kier alpha value is -16.6. The molecule has 0 saturated carbocycles. The predicted molar refractivity (Wildman–Crippen MR) is 539 cm³/mol. The van der Waals surface area contributed by atoms with E-state index in [1.54, 1.807) is 117 Å². The quantitative estimate of drug-likeness (QED) is 0.0214. The van der Waals surface area contributed by atoms with Gasteiger partial charge in [-0.3, -0.25) is 34.6 Å². The average molecular weight is 1900 g/mol. The number of fused-ring (bicyclic) bond motifs is 4. The third-order valence-electron chi connectivity index (χ3n) is 22.8. The lowest BCUT2D eigenvalue weighted by molar-refractivity contribution is -0.123. The van der Waals surface area contributed by atoms with E-state index in [-0.39, 0.29) is 30.0 Å². The van der Waals surface area contributed by atoms with Crippen LogP contribution in [0.4, 0.5) is 50.9 Å². The number of morpholine rings is 1. The molecule has 1 amide bonds. The van der Waals surface area contributed by atoms with Crippen LogP contribution in [0.3, 0.4) is 0 Å². The van der Waals surface area contributed by atoms with Gasteiger partial charge in [-0.2, -0.15) is 5.10 Å². The van der Waals surface area contributed by atoms with Crippen LogP contribution in [0.5, 0.6) is 28.7 Å². The SMILES string of the molecule is C#Cc1cc2cnc(Nc3cccc(CN4CCOCC4)c3)nc2cc1OCCc1cnccn1.C#Cc1cc2cnc(Nc3cccc(Cn4cncn4)c3)nc2cc1OCCc1cnccn1.CNC(=O)[C@H]1C[C@@H](Oc2cc3nc(Nc4cccc(F)c4)ncc3cc2-c2nccs2)CCN1.COc1cncc(-c2cccc(Nc3ncc4cc(-c5nccs5)c(OC5CCNCC5)cc4n3)c2)c1. The first-order chi connectivity index (χ1) is 68.9. The number of thiazole rings is 2. The number of aromatic nitrogens is 18. The molecule has 0 radical (unpaired) electrons. The van der Waals surface area contributed by atoms with Gasteiger partial charge in [0.15, 0.2) is 0 Å². The monoisotopic (exact) mass is 1900 g/mol. The topological polar surface area (TPSA) is 384 Å². The van der Waals surface area contributed by atoms with E-state index in [1.807, 2.05) is 139 Å². The van der Waals surface area contributed by atoms with Crippen molar-refractivity contribution in [2.24, 2.45) is 0 Å². The van der Waals surface area contributed by atoms with Crippen molar-refractivity contribution in [1.82, 2.24) is 110 Å². The maximum atomic E-state index is 13.5. The Kier molecular flexibility index (Phi) is 31.0. The predicted octanol–water partition coefficient (Wildman–Crippen LogP) is 16.6. The smallest absolute Gasteiger partial charge is 0.237 e. The van der Waals surface area contributed by atoms with Crippen molar-refractivity contribution in [3.63, 3.8) is 0 Å². The van der Waals surface area contributed by atoms with E-state index in [9.17, 15) is 9.18 Å². The summed E-state index contributed by atoms with van der Waals surface area (Å²) in [5.74, 6) is 10.2. The Bertz CT molecular complexity index is 7350. The third-order valence-corrected chi connectivity index (χ3v) is 24.4. The van der Waals surface area contributed by atoms with Gasteiger partial charge in [-0.1, -0.05) is 54.3 Å². The molecule has 8 aromatic carbocycles. The lowest BCUT2D eigenvalue weighted by Crippen LogP contribution is -2.50. The molecule has 0 spiro atoms. The number of methoxy groups -OCH3 is 1. The Morgan fingerprint density at radius 1 is 0.507 bits per heavy atom. The summed E-state index contributed by atoms with van der Waals surface area (Å²) in [7, 11) is 3.27. The molecular weight excluding hydrogens is 1810 g/mol. The van der Waals surface area contributed by atoms with Crippen LogP contribution < -0.4 is 60.9 Å². The molecule has 140 heavy (non-hydrogen) atoms. The van der Waals surface area contributed by atoms with E-state index in [0.717, 1.165) is 175 Å². The Labute approximate surface area is 813 Å². The van der Waals surface area contributed by atoms with Gasteiger partial charge in [-0.15, -0.1) is 35.5 Å². The van der Waals surface area contributed by atoms with Gasteiger partial charge >= 0.3 is 0 Å². The minimum atomic E-state index is -0.341. The van der Waals surface area contributed by atoms with E-state index in [1.165, 1.54) is 35.4 Å². The van der Waals surface area contributed by atoms with Crippen LogP contribution in [0.2, 0.25) is 0 Å². The zero-order valence-corrected chi connectivity index (χ0v) is 77.9. The summed E-state index contributed by atoms with van der Waals surface area (Å²) in [5.41, 5.74) is 15.4. The second-order valence-electron chi connectivity index (χ2n) is 32.5. The number of nitrogens with zero attached hydrogens (tertiary/aromatic N) is 19. The van der Waals surface area contributed by atoms with Crippen molar-refractivity contribution in [2.75, 3.05) is 94.6 Å². The van der Waals surface area contributed by atoms with E-state index >= 15 is 0 Å². The number of amides is 1. The molecule has 702 valence electrons. The van der Waals surface area contributed by atoms with Gasteiger partial charge in [0, 0.05) is 211 Å². The van der Waals surface area contributed by atoms with E-state index in [0.29, 0.717) is 115 Å². The van der Waals surface area contributed by atoms with Crippen molar-refractivity contribution in [2.45, 2.75) is 69.9 Å². The number of hydrogen-bond acceptors (Lipinski definition) is 33. The van der Waals surface area contributed by atoms with Crippen LogP contribution in [-0.2, 0) is 35.5 Å². The van der Waals surface area contributed by atoms with E-state index < -0.39 is 0 Å². The molecule has 2 atom stereocenters. The van der Waals surface area contributed by atoms with Crippen molar-refractivity contribution in [3.05, 3.63) is 301 Å². The van der Waals surface area contributed by atoms with E-state index in [4.69, 9.17) is 51.2 Å². The fraction of sp³-hybridized carbons (Fsp3) is 0.212. The summed E-state index contributed by atoms with van der Waals surface area (Å²) in [4.78, 5) is 85.1. The maximum absolute atomic E-state index is 13.5. The number of likely N-dealkylation sites (N-methyl/N-ethyl adjacent to an activating group) is 1. The molecule has 3 fully saturated rings. The number of rotatable bonds is 29.